The highest BCUT2D eigenvalue weighted by atomic mass is 16.2. The van der Waals surface area contributed by atoms with Gasteiger partial charge in [-0.05, 0) is 38.0 Å². The van der Waals surface area contributed by atoms with Crippen LogP contribution in [0.3, 0.4) is 0 Å². The van der Waals surface area contributed by atoms with Gasteiger partial charge in [0.25, 0.3) is 0 Å². The van der Waals surface area contributed by atoms with Crippen LogP contribution in [0.2, 0.25) is 0 Å². The Labute approximate surface area is 129 Å². The second-order valence-corrected chi connectivity index (χ2v) is 7.65. The van der Waals surface area contributed by atoms with Crippen molar-refractivity contribution in [3.8, 4) is 6.07 Å². The number of nitrogens with zero attached hydrogens (tertiary/aromatic N) is 1. The molecule has 0 bridgehead atoms. The third kappa shape index (κ3) is 3.78. The second-order valence-electron chi connectivity index (χ2n) is 7.65. The molecule has 3 nitrogen and oxygen atoms in total. The molecule has 2 aliphatic rings. The minimum atomic E-state index is -0.597. The lowest BCUT2D eigenvalue weighted by molar-refractivity contribution is -0.133. The van der Waals surface area contributed by atoms with E-state index in [1.165, 1.54) is 12.8 Å². The lowest BCUT2D eigenvalue weighted by Crippen LogP contribution is -2.52. The molecule has 0 radical (unpaired) electrons. The molecular formula is C18H30N2O. The molecule has 0 aromatic heterocycles. The van der Waals surface area contributed by atoms with Crippen molar-refractivity contribution in [2.45, 2.75) is 90.0 Å². The number of hydrogen-bond acceptors (Lipinski definition) is 2. The van der Waals surface area contributed by atoms with E-state index in [9.17, 15) is 10.1 Å². The molecule has 0 aromatic rings. The van der Waals surface area contributed by atoms with E-state index in [2.05, 4.69) is 25.2 Å². The SMILES string of the molecule is CC(C)CC1(C(=O)NC2(C#N)CCCCCC2)CCCC1. The molecule has 21 heavy (non-hydrogen) atoms. The summed E-state index contributed by atoms with van der Waals surface area (Å²) in [6, 6.07) is 2.45. The summed E-state index contributed by atoms with van der Waals surface area (Å²) in [5.74, 6) is 0.693. The van der Waals surface area contributed by atoms with Crippen LogP contribution in [0.25, 0.3) is 0 Å². The normalized spacial score (nSPS) is 24.3. The highest BCUT2D eigenvalue weighted by Gasteiger charge is 2.44. The van der Waals surface area contributed by atoms with Gasteiger partial charge in [-0.1, -0.05) is 52.4 Å². The topological polar surface area (TPSA) is 52.9 Å². The van der Waals surface area contributed by atoms with Gasteiger partial charge in [-0.15, -0.1) is 0 Å². The number of hydrogen-bond donors (Lipinski definition) is 1. The Morgan fingerprint density at radius 3 is 2.05 bits per heavy atom. The predicted octanol–water partition coefficient (Wildman–Crippen LogP) is 4.33. The van der Waals surface area contributed by atoms with Crippen LogP contribution in [-0.2, 0) is 4.79 Å². The van der Waals surface area contributed by atoms with E-state index < -0.39 is 5.54 Å². The molecule has 0 atom stereocenters. The summed E-state index contributed by atoms with van der Waals surface area (Å²) in [7, 11) is 0. The smallest absolute Gasteiger partial charge is 0.227 e. The number of nitriles is 1. The molecule has 1 N–H and O–H groups in total. The first-order valence-electron chi connectivity index (χ1n) is 8.76. The summed E-state index contributed by atoms with van der Waals surface area (Å²) in [6.07, 6.45) is 11.4. The van der Waals surface area contributed by atoms with Crippen molar-refractivity contribution in [3.05, 3.63) is 0 Å². The lowest BCUT2D eigenvalue weighted by atomic mass is 9.76. The molecular weight excluding hydrogens is 260 g/mol. The monoisotopic (exact) mass is 290 g/mol. The van der Waals surface area contributed by atoms with Gasteiger partial charge in [-0.2, -0.15) is 5.26 Å². The Kier molecular flexibility index (Phi) is 5.30. The molecule has 2 aliphatic carbocycles. The van der Waals surface area contributed by atoms with E-state index in [0.717, 1.165) is 57.8 Å². The Morgan fingerprint density at radius 2 is 1.57 bits per heavy atom. The van der Waals surface area contributed by atoms with Gasteiger partial charge in [0.05, 0.1) is 6.07 Å². The Bertz CT molecular complexity index is 394. The molecule has 0 aromatic carbocycles. The molecule has 2 saturated carbocycles. The maximum absolute atomic E-state index is 13.0. The third-order valence-electron chi connectivity index (χ3n) is 5.37. The number of carbonyl (C=O) groups is 1. The summed E-state index contributed by atoms with van der Waals surface area (Å²) in [5, 5.41) is 12.9. The molecule has 1 amide bonds. The minimum absolute atomic E-state index is 0.164. The predicted molar refractivity (Wildman–Crippen MR) is 84.5 cm³/mol. The molecule has 118 valence electrons. The van der Waals surface area contributed by atoms with Crippen LogP contribution in [0.15, 0.2) is 0 Å². The average molecular weight is 290 g/mol. The van der Waals surface area contributed by atoms with Crippen LogP contribution in [0.4, 0.5) is 0 Å². The number of rotatable bonds is 4. The third-order valence-corrected chi connectivity index (χ3v) is 5.37. The van der Waals surface area contributed by atoms with Gasteiger partial charge >= 0.3 is 0 Å². The maximum Gasteiger partial charge on any atom is 0.227 e. The van der Waals surface area contributed by atoms with Crippen LogP contribution < -0.4 is 5.32 Å². The Hall–Kier alpha value is -1.04. The number of carbonyl (C=O) groups excluding carboxylic acids is 1. The summed E-state index contributed by atoms with van der Waals surface area (Å²) in [6.45, 7) is 4.39. The van der Waals surface area contributed by atoms with Crippen molar-refractivity contribution >= 4 is 5.91 Å². The van der Waals surface area contributed by atoms with Crippen molar-refractivity contribution in [2.24, 2.45) is 11.3 Å². The van der Waals surface area contributed by atoms with Gasteiger partial charge < -0.3 is 5.32 Å². The van der Waals surface area contributed by atoms with E-state index in [1.54, 1.807) is 0 Å². The first-order chi connectivity index (χ1) is 10.0. The van der Waals surface area contributed by atoms with Crippen LogP contribution >= 0.6 is 0 Å². The fourth-order valence-electron chi connectivity index (χ4n) is 4.30. The first-order valence-corrected chi connectivity index (χ1v) is 8.76. The van der Waals surface area contributed by atoms with E-state index in [0.29, 0.717) is 5.92 Å². The van der Waals surface area contributed by atoms with Crippen molar-refractivity contribution in [1.82, 2.24) is 5.32 Å². The van der Waals surface area contributed by atoms with E-state index in [1.807, 2.05) is 0 Å². The summed E-state index contributed by atoms with van der Waals surface area (Å²) in [4.78, 5) is 13.0. The lowest BCUT2D eigenvalue weighted by Gasteiger charge is -2.35. The average Bonchev–Trinajstić information content (AvgIpc) is 2.79. The fourth-order valence-corrected chi connectivity index (χ4v) is 4.30. The molecule has 0 unspecified atom stereocenters. The second kappa shape index (κ2) is 6.81. The number of nitrogens with one attached hydrogen (secondary N) is 1. The zero-order valence-electron chi connectivity index (χ0n) is 13.7. The molecule has 0 heterocycles. The van der Waals surface area contributed by atoms with Gasteiger partial charge in [0.2, 0.25) is 5.91 Å². The number of amides is 1. The summed E-state index contributed by atoms with van der Waals surface area (Å²) < 4.78 is 0. The van der Waals surface area contributed by atoms with Gasteiger partial charge in [0.1, 0.15) is 5.54 Å². The van der Waals surface area contributed by atoms with Crippen molar-refractivity contribution < 1.29 is 4.79 Å². The molecule has 2 rings (SSSR count). The quantitative estimate of drug-likeness (QED) is 0.784. The standard InChI is InChI=1S/C18H30N2O/c1-15(2)13-17(9-7-8-10-17)16(21)20-18(14-19)11-5-3-4-6-12-18/h15H,3-13H2,1-2H3,(H,20,21). The van der Waals surface area contributed by atoms with Gasteiger partial charge in [-0.3, -0.25) is 4.79 Å². The molecule has 0 spiro atoms. The van der Waals surface area contributed by atoms with E-state index in [4.69, 9.17) is 0 Å². The fraction of sp³-hybridized carbons (Fsp3) is 0.889. The van der Waals surface area contributed by atoms with Crippen molar-refractivity contribution in [2.75, 3.05) is 0 Å². The maximum atomic E-state index is 13.0. The minimum Gasteiger partial charge on any atom is -0.337 e. The highest BCUT2D eigenvalue weighted by molar-refractivity contribution is 5.84. The first kappa shape index (κ1) is 16.3. The zero-order chi connectivity index (χ0) is 15.3. The molecule has 2 fully saturated rings. The van der Waals surface area contributed by atoms with Crippen molar-refractivity contribution in [3.63, 3.8) is 0 Å². The van der Waals surface area contributed by atoms with Gasteiger partial charge in [0, 0.05) is 5.41 Å². The van der Waals surface area contributed by atoms with Gasteiger partial charge in [-0.25, -0.2) is 0 Å². The van der Waals surface area contributed by atoms with Crippen LogP contribution in [0.1, 0.15) is 84.5 Å². The highest BCUT2D eigenvalue weighted by Crippen LogP contribution is 2.44. The van der Waals surface area contributed by atoms with Gasteiger partial charge in [0.15, 0.2) is 0 Å². The molecule has 0 aliphatic heterocycles. The van der Waals surface area contributed by atoms with Crippen LogP contribution in [-0.4, -0.2) is 11.4 Å². The molecule has 3 heteroatoms. The van der Waals surface area contributed by atoms with Crippen molar-refractivity contribution in [1.29, 1.82) is 5.26 Å². The Balaban J connectivity index is 2.11. The zero-order valence-corrected chi connectivity index (χ0v) is 13.7. The van der Waals surface area contributed by atoms with Crippen LogP contribution in [0, 0.1) is 22.7 Å². The van der Waals surface area contributed by atoms with Crippen LogP contribution in [0.5, 0.6) is 0 Å². The molecule has 0 saturated heterocycles. The van der Waals surface area contributed by atoms with E-state index in [-0.39, 0.29) is 11.3 Å². The largest absolute Gasteiger partial charge is 0.337 e. The summed E-state index contributed by atoms with van der Waals surface area (Å²) >= 11 is 0. The Morgan fingerprint density at radius 1 is 1.05 bits per heavy atom. The van der Waals surface area contributed by atoms with E-state index >= 15 is 0 Å². The summed E-state index contributed by atoms with van der Waals surface area (Å²) in [5.41, 5.74) is -0.801.